The summed E-state index contributed by atoms with van der Waals surface area (Å²) in [5.41, 5.74) is 2.47. The monoisotopic (exact) mass is 474 g/mol. The molecule has 1 fully saturated rings. The predicted octanol–water partition coefficient (Wildman–Crippen LogP) is 6.38. The van der Waals surface area contributed by atoms with Gasteiger partial charge in [0.25, 0.3) is 0 Å². The lowest BCUT2D eigenvalue weighted by Gasteiger charge is -2.29. The Balaban J connectivity index is 0.00000274. The number of anilines is 3. The molecule has 5 rings (SSSR count). The molecule has 1 aromatic heterocycles. The number of hydrogen-bond donors (Lipinski definition) is 2. The maximum Gasteiger partial charge on any atom is 0.338 e. The molecule has 1 aliphatic carbocycles. The molecule has 0 bridgehead atoms. The summed E-state index contributed by atoms with van der Waals surface area (Å²) in [7, 11) is 0. The van der Waals surface area contributed by atoms with Gasteiger partial charge in [0.1, 0.15) is 11.9 Å². The number of carbonyl (C=O) groups excluding carboxylic acids is 1. The second-order valence-corrected chi connectivity index (χ2v) is 8.29. The minimum absolute atomic E-state index is 0. The largest absolute Gasteiger partial charge is 0.459 e. The average Bonchev–Trinajstić information content (AvgIpc) is 2.86. The Kier molecular flexibility index (Phi) is 7.60. The highest BCUT2D eigenvalue weighted by atomic mass is 35.5. The van der Waals surface area contributed by atoms with Crippen LogP contribution in [0.5, 0.6) is 0 Å². The summed E-state index contributed by atoms with van der Waals surface area (Å²) in [5, 5.41) is 7.90. The van der Waals surface area contributed by atoms with E-state index in [2.05, 4.69) is 10.6 Å². The molecule has 0 atom stereocenters. The first-order chi connectivity index (χ1) is 16.2. The number of carbonyl (C=O) groups is 1. The number of aromatic nitrogens is 2. The smallest absolute Gasteiger partial charge is 0.338 e. The number of benzene rings is 3. The fourth-order valence-electron chi connectivity index (χ4n) is 4.20. The number of ether oxygens (including phenoxy) is 1. The highest BCUT2D eigenvalue weighted by Gasteiger charge is 2.25. The van der Waals surface area contributed by atoms with Crippen LogP contribution in [0.1, 0.15) is 36.0 Å². The Bertz CT molecular complexity index is 1230. The number of halogens is 1. The number of fused-ring (bicyclic) bond motifs is 1. The first kappa shape index (κ1) is 23.5. The molecule has 0 radical (unpaired) electrons. The number of nitrogens with one attached hydrogen (secondary N) is 2. The van der Waals surface area contributed by atoms with Crippen LogP contribution in [-0.2, 0) is 4.74 Å². The third kappa shape index (κ3) is 5.64. The van der Waals surface area contributed by atoms with Crippen molar-refractivity contribution in [1.82, 2.24) is 9.97 Å². The van der Waals surface area contributed by atoms with Crippen LogP contribution in [0.2, 0.25) is 0 Å². The molecule has 0 aliphatic heterocycles. The third-order valence-corrected chi connectivity index (χ3v) is 5.93. The van der Waals surface area contributed by atoms with Crippen molar-refractivity contribution in [3.05, 3.63) is 90.5 Å². The standard InChI is InChI=1S/C27H26N4O2.ClH/c32-26(19-9-3-1-4-10-19)33-22-17-15-21(16-18-22)29-27-30-24-14-8-7-13-23(24)25(31-27)28-20-11-5-2-6-12-20;/h1-14,21-22H,15-18H2,(H2,28,29,30,31);1H. The van der Waals surface area contributed by atoms with Gasteiger partial charge in [-0.15, -0.1) is 12.4 Å². The van der Waals surface area contributed by atoms with Crippen LogP contribution >= 0.6 is 12.4 Å². The van der Waals surface area contributed by atoms with Gasteiger partial charge in [0, 0.05) is 17.1 Å². The molecule has 0 amide bonds. The Morgan fingerprint density at radius 1 is 0.794 bits per heavy atom. The van der Waals surface area contributed by atoms with Crippen molar-refractivity contribution in [2.45, 2.75) is 37.8 Å². The Morgan fingerprint density at radius 2 is 1.44 bits per heavy atom. The van der Waals surface area contributed by atoms with Gasteiger partial charge < -0.3 is 15.4 Å². The molecule has 6 nitrogen and oxygen atoms in total. The highest BCUT2D eigenvalue weighted by molar-refractivity contribution is 5.91. The second kappa shape index (κ2) is 11.0. The van der Waals surface area contributed by atoms with Gasteiger partial charge in [-0.05, 0) is 62.1 Å². The number of esters is 1. The first-order valence-electron chi connectivity index (χ1n) is 11.4. The first-order valence-corrected chi connectivity index (χ1v) is 11.4. The second-order valence-electron chi connectivity index (χ2n) is 8.29. The fourth-order valence-corrected chi connectivity index (χ4v) is 4.20. The average molecular weight is 475 g/mol. The molecule has 34 heavy (non-hydrogen) atoms. The molecule has 0 spiro atoms. The maximum absolute atomic E-state index is 12.3. The molecule has 2 N–H and O–H groups in total. The minimum Gasteiger partial charge on any atom is -0.459 e. The fraction of sp³-hybridized carbons (Fsp3) is 0.222. The molecule has 1 aliphatic rings. The molecular formula is C27H27ClN4O2. The van der Waals surface area contributed by atoms with Crippen LogP contribution in [0.25, 0.3) is 10.9 Å². The highest BCUT2D eigenvalue weighted by Crippen LogP contribution is 2.28. The number of rotatable bonds is 6. The van der Waals surface area contributed by atoms with Gasteiger partial charge in [0.05, 0.1) is 11.1 Å². The molecular weight excluding hydrogens is 448 g/mol. The number of para-hydroxylation sites is 2. The zero-order valence-electron chi connectivity index (χ0n) is 18.7. The summed E-state index contributed by atoms with van der Waals surface area (Å²) in [6.45, 7) is 0. The molecule has 1 saturated carbocycles. The van der Waals surface area contributed by atoms with Crippen LogP contribution in [0.15, 0.2) is 84.9 Å². The van der Waals surface area contributed by atoms with Gasteiger partial charge in [-0.1, -0.05) is 48.5 Å². The van der Waals surface area contributed by atoms with E-state index in [9.17, 15) is 4.79 Å². The van der Waals surface area contributed by atoms with Crippen molar-refractivity contribution in [3.63, 3.8) is 0 Å². The van der Waals surface area contributed by atoms with E-state index in [1.165, 1.54) is 0 Å². The van der Waals surface area contributed by atoms with Crippen LogP contribution < -0.4 is 10.6 Å². The van der Waals surface area contributed by atoms with Gasteiger partial charge in [0.15, 0.2) is 0 Å². The zero-order valence-corrected chi connectivity index (χ0v) is 19.5. The quantitative estimate of drug-likeness (QED) is 0.316. The zero-order chi connectivity index (χ0) is 22.5. The lowest BCUT2D eigenvalue weighted by atomic mass is 9.93. The van der Waals surface area contributed by atoms with Crippen LogP contribution in [0.3, 0.4) is 0 Å². The summed E-state index contributed by atoms with van der Waals surface area (Å²) in [6, 6.07) is 27.4. The van der Waals surface area contributed by atoms with E-state index in [-0.39, 0.29) is 30.5 Å². The van der Waals surface area contributed by atoms with Crippen molar-refractivity contribution in [2.24, 2.45) is 0 Å². The van der Waals surface area contributed by atoms with E-state index in [0.717, 1.165) is 48.1 Å². The molecule has 7 heteroatoms. The Hall–Kier alpha value is -3.64. The summed E-state index contributed by atoms with van der Waals surface area (Å²) in [6.07, 6.45) is 3.37. The van der Waals surface area contributed by atoms with Crippen LogP contribution in [0.4, 0.5) is 17.5 Å². The van der Waals surface area contributed by atoms with E-state index in [1.54, 1.807) is 12.1 Å². The predicted molar refractivity (Wildman–Crippen MR) is 138 cm³/mol. The van der Waals surface area contributed by atoms with E-state index in [0.29, 0.717) is 11.5 Å². The van der Waals surface area contributed by atoms with Crippen molar-refractivity contribution in [2.75, 3.05) is 10.6 Å². The van der Waals surface area contributed by atoms with E-state index in [1.807, 2.05) is 72.8 Å². The van der Waals surface area contributed by atoms with Crippen LogP contribution in [-0.4, -0.2) is 28.1 Å². The van der Waals surface area contributed by atoms with Crippen molar-refractivity contribution in [3.8, 4) is 0 Å². The van der Waals surface area contributed by atoms with E-state index >= 15 is 0 Å². The lowest BCUT2D eigenvalue weighted by molar-refractivity contribution is 0.0202. The van der Waals surface area contributed by atoms with E-state index < -0.39 is 0 Å². The van der Waals surface area contributed by atoms with Crippen LogP contribution in [0, 0.1) is 0 Å². The summed E-state index contributed by atoms with van der Waals surface area (Å²) < 4.78 is 5.71. The minimum atomic E-state index is -0.249. The maximum atomic E-state index is 12.3. The topological polar surface area (TPSA) is 76.1 Å². The van der Waals surface area contributed by atoms with Crippen molar-refractivity contribution < 1.29 is 9.53 Å². The van der Waals surface area contributed by atoms with Gasteiger partial charge >= 0.3 is 5.97 Å². The summed E-state index contributed by atoms with van der Waals surface area (Å²) in [4.78, 5) is 21.8. The van der Waals surface area contributed by atoms with Gasteiger partial charge in [-0.25, -0.2) is 9.78 Å². The molecule has 0 saturated heterocycles. The Labute approximate surface area is 205 Å². The lowest BCUT2D eigenvalue weighted by Crippen LogP contribution is -2.31. The third-order valence-electron chi connectivity index (χ3n) is 5.93. The van der Waals surface area contributed by atoms with Gasteiger partial charge in [0.2, 0.25) is 5.95 Å². The molecule has 174 valence electrons. The summed E-state index contributed by atoms with van der Waals surface area (Å²) >= 11 is 0. The molecule has 3 aromatic carbocycles. The van der Waals surface area contributed by atoms with Crippen molar-refractivity contribution in [1.29, 1.82) is 0 Å². The van der Waals surface area contributed by atoms with Gasteiger partial charge in [-0.2, -0.15) is 4.98 Å². The van der Waals surface area contributed by atoms with Crippen molar-refractivity contribution >= 4 is 46.7 Å². The number of nitrogens with zero attached hydrogens (tertiary/aromatic N) is 2. The molecule has 1 heterocycles. The molecule has 0 unspecified atom stereocenters. The Morgan fingerprint density at radius 3 is 2.18 bits per heavy atom. The molecule has 4 aromatic rings. The van der Waals surface area contributed by atoms with E-state index in [4.69, 9.17) is 14.7 Å². The normalized spacial score (nSPS) is 17.4. The SMILES string of the molecule is Cl.O=C(OC1CCC(Nc2nc(Nc3ccccc3)c3ccccc3n2)CC1)c1ccccc1. The van der Waals surface area contributed by atoms with Gasteiger partial charge in [-0.3, -0.25) is 0 Å². The summed E-state index contributed by atoms with van der Waals surface area (Å²) in [5.74, 6) is 1.14. The number of hydrogen-bond acceptors (Lipinski definition) is 6.